The predicted molar refractivity (Wildman–Crippen MR) is 38.5 cm³/mol. The minimum atomic E-state index is -1.28. The summed E-state index contributed by atoms with van der Waals surface area (Å²) in [6.07, 6.45) is -1.28. The Balaban J connectivity index is 0. The molecule has 0 heterocycles. The molecule has 0 aliphatic rings. The fraction of sp³-hybridized carbons (Fsp3) is 0.833. The summed E-state index contributed by atoms with van der Waals surface area (Å²) in [4.78, 5) is 10.2. The maximum atomic E-state index is 10.2. The summed E-state index contributed by atoms with van der Waals surface area (Å²) in [5.74, 6) is -0.562. The minimum Gasteiger partial charge on any atom is -0.393 e. The van der Waals surface area contributed by atoms with Gasteiger partial charge in [0.05, 0.1) is 6.61 Å². The van der Waals surface area contributed by atoms with Crippen molar-refractivity contribution in [2.45, 2.75) is 20.0 Å². The summed E-state index contributed by atoms with van der Waals surface area (Å²) in [6, 6.07) is 0. The number of carbonyl (C=O) groups is 1. The molecular formula is C6H15NO3. The van der Waals surface area contributed by atoms with E-state index in [4.69, 9.17) is 10.2 Å². The number of hydrogen-bond donors (Lipinski definition) is 3. The van der Waals surface area contributed by atoms with Gasteiger partial charge in [-0.25, -0.2) is 0 Å². The normalized spacial score (nSPS) is 10.9. The van der Waals surface area contributed by atoms with E-state index >= 15 is 0 Å². The number of amides is 1. The molecule has 3 N–H and O–H groups in total. The van der Waals surface area contributed by atoms with Crippen LogP contribution in [0.25, 0.3) is 0 Å². The zero-order valence-electron chi connectivity index (χ0n) is 6.59. The summed E-state index contributed by atoms with van der Waals surface area (Å²) in [5.41, 5.74) is 0. The standard InChI is InChI=1S/C4H9NO3.C2H6/c1-5-4(8)3(7)2-6;1-2/h3,6-7H,2H2,1H3,(H,5,8);1-2H3. The van der Waals surface area contributed by atoms with E-state index in [1.165, 1.54) is 7.05 Å². The molecule has 62 valence electrons. The van der Waals surface area contributed by atoms with Crippen LogP contribution in [-0.2, 0) is 4.79 Å². The summed E-state index contributed by atoms with van der Waals surface area (Å²) < 4.78 is 0. The van der Waals surface area contributed by atoms with Gasteiger partial charge < -0.3 is 15.5 Å². The average Bonchev–Trinajstić information content (AvgIpc) is 2.05. The van der Waals surface area contributed by atoms with Crippen LogP contribution in [0.5, 0.6) is 0 Å². The predicted octanol–water partition coefficient (Wildman–Crippen LogP) is -0.888. The maximum Gasteiger partial charge on any atom is 0.250 e. The van der Waals surface area contributed by atoms with Crippen molar-refractivity contribution >= 4 is 5.91 Å². The Morgan fingerprint density at radius 3 is 2.10 bits per heavy atom. The third-order valence-corrected chi connectivity index (χ3v) is 0.722. The molecule has 0 aromatic rings. The van der Waals surface area contributed by atoms with Gasteiger partial charge in [0.15, 0.2) is 6.10 Å². The second kappa shape index (κ2) is 8.39. The maximum absolute atomic E-state index is 10.2. The lowest BCUT2D eigenvalue weighted by molar-refractivity contribution is -0.130. The van der Waals surface area contributed by atoms with Crippen molar-refractivity contribution in [1.29, 1.82) is 0 Å². The second-order valence-corrected chi connectivity index (χ2v) is 1.31. The highest BCUT2D eigenvalue weighted by atomic mass is 16.3. The van der Waals surface area contributed by atoms with E-state index in [0.29, 0.717) is 0 Å². The van der Waals surface area contributed by atoms with Crippen LogP contribution in [0.1, 0.15) is 13.8 Å². The van der Waals surface area contributed by atoms with Crippen molar-refractivity contribution in [2.24, 2.45) is 0 Å². The SMILES string of the molecule is CC.CNC(=O)C(O)CO. The van der Waals surface area contributed by atoms with Gasteiger partial charge in [0.2, 0.25) is 0 Å². The molecule has 0 aliphatic carbocycles. The molecule has 1 atom stereocenters. The molecule has 0 spiro atoms. The van der Waals surface area contributed by atoms with Crippen molar-refractivity contribution in [3.8, 4) is 0 Å². The van der Waals surface area contributed by atoms with Crippen LogP contribution in [0.4, 0.5) is 0 Å². The molecule has 0 fully saturated rings. The Morgan fingerprint density at radius 1 is 1.60 bits per heavy atom. The molecule has 0 rings (SSSR count). The van der Waals surface area contributed by atoms with Crippen LogP contribution in [-0.4, -0.2) is 35.9 Å². The van der Waals surface area contributed by atoms with Crippen LogP contribution in [0.15, 0.2) is 0 Å². The molecule has 0 saturated heterocycles. The van der Waals surface area contributed by atoms with Gasteiger partial charge in [0, 0.05) is 7.05 Å². The lowest BCUT2D eigenvalue weighted by atomic mass is 10.4. The number of carbonyl (C=O) groups excluding carboxylic acids is 1. The zero-order chi connectivity index (χ0) is 8.57. The monoisotopic (exact) mass is 149 g/mol. The highest BCUT2D eigenvalue weighted by Crippen LogP contribution is 1.76. The Labute approximate surface area is 60.9 Å². The summed E-state index contributed by atoms with van der Waals surface area (Å²) in [5, 5.41) is 18.8. The fourth-order valence-corrected chi connectivity index (χ4v) is 0.250. The van der Waals surface area contributed by atoms with Crippen LogP contribution >= 0.6 is 0 Å². The third-order valence-electron chi connectivity index (χ3n) is 0.722. The molecule has 4 nitrogen and oxygen atoms in total. The summed E-state index contributed by atoms with van der Waals surface area (Å²) >= 11 is 0. The highest BCUT2D eigenvalue weighted by Gasteiger charge is 2.09. The number of hydrogen-bond acceptors (Lipinski definition) is 3. The number of aliphatic hydroxyl groups excluding tert-OH is 2. The van der Waals surface area contributed by atoms with Gasteiger partial charge in [-0.3, -0.25) is 4.79 Å². The molecule has 0 saturated carbocycles. The molecule has 1 unspecified atom stereocenters. The van der Waals surface area contributed by atoms with Crippen molar-refractivity contribution in [1.82, 2.24) is 5.32 Å². The van der Waals surface area contributed by atoms with E-state index in [-0.39, 0.29) is 0 Å². The van der Waals surface area contributed by atoms with Crippen LogP contribution < -0.4 is 5.32 Å². The van der Waals surface area contributed by atoms with Gasteiger partial charge in [0.1, 0.15) is 0 Å². The Morgan fingerprint density at radius 2 is 2.00 bits per heavy atom. The van der Waals surface area contributed by atoms with E-state index in [1.807, 2.05) is 13.8 Å². The Kier molecular flexibility index (Phi) is 10.2. The fourth-order valence-electron chi connectivity index (χ4n) is 0.250. The van der Waals surface area contributed by atoms with Crippen molar-refractivity contribution in [2.75, 3.05) is 13.7 Å². The van der Waals surface area contributed by atoms with Gasteiger partial charge in [-0.1, -0.05) is 13.8 Å². The van der Waals surface area contributed by atoms with Crippen molar-refractivity contribution in [3.05, 3.63) is 0 Å². The molecule has 0 aromatic carbocycles. The number of nitrogens with one attached hydrogen (secondary N) is 1. The first-order valence-electron chi connectivity index (χ1n) is 3.23. The van der Waals surface area contributed by atoms with E-state index in [1.54, 1.807) is 0 Å². The molecule has 1 amide bonds. The first-order valence-corrected chi connectivity index (χ1v) is 3.23. The number of aliphatic hydroxyl groups is 2. The molecule has 10 heavy (non-hydrogen) atoms. The minimum absolute atomic E-state index is 0.528. The molecule has 4 heteroatoms. The van der Waals surface area contributed by atoms with Crippen LogP contribution in [0.3, 0.4) is 0 Å². The third kappa shape index (κ3) is 5.53. The number of rotatable bonds is 2. The van der Waals surface area contributed by atoms with Crippen LogP contribution in [0, 0.1) is 0 Å². The number of likely N-dealkylation sites (N-methyl/N-ethyl adjacent to an activating group) is 1. The van der Waals surface area contributed by atoms with Crippen LogP contribution in [0.2, 0.25) is 0 Å². The van der Waals surface area contributed by atoms with Gasteiger partial charge in [-0.2, -0.15) is 0 Å². The Bertz CT molecular complexity index is 85.1. The quantitative estimate of drug-likeness (QED) is 0.477. The molecule has 0 aliphatic heterocycles. The average molecular weight is 149 g/mol. The molecular weight excluding hydrogens is 134 g/mol. The summed E-state index contributed by atoms with van der Waals surface area (Å²) in [7, 11) is 1.39. The van der Waals surface area contributed by atoms with Gasteiger partial charge in [0.25, 0.3) is 5.91 Å². The lowest BCUT2D eigenvalue weighted by Crippen LogP contribution is -2.34. The van der Waals surface area contributed by atoms with E-state index < -0.39 is 18.6 Å². The van der Waals surface area contributed by atoms with E-state index in [2.05, 4.69) is 5.32 Å². The largest absolute Gasteiger partial charge is 0.393 e. The van der Waals surface area contributed by atoms with Gasteiger partial charge >= 0.3 is 0 Å². The lowest BCUT2D eigenvalue weighted by Gasteiger charge is -2.02. The first-order chi connectivity index (χ1) is 4.72. The first kappa shape index (κ1) is 12.1. The van der Waals surface area contributed by atoms with E-state index in [0.717, 1.165) is 0 Å². The van der Waals surface area contributed by atoms with Gasteiger partial charge in [-0.15, -0.1) is 0 Å². The molecule has 0 aromatic heterocycles. The Hall–Kier alpha value is -0.610. The van der Waals surface area contributed by atoms with Crippen molar-refractivity contribution in [3.63, 3.8) is 0 Å². The van der Waals surface area contributed by atoms with Gasteiger partial charge in [-0.05, 0) is 0 Å². The highest BCUT2D eigenvalue weighted by molar-refractivity contribution is 5.80. The zero-order valence-corrected chi connectivity index (χ0v) is 6.59. The smallest absolute Gasteiger partial charge is 0.250 e. The summed E-state index contributed by atoms with van der Waals surface area (Å²) in [6.45, 7) is 3.47. The molecule has 0 radical (unpaired) electrons. The topological polar surface area (TPSA) is 69.6 Å². The molecule has 0 bridgehead atoms. The van der Waals surface area contributed by atoms with E-state index in [9.17, 15) is 4.79 Å². The van der Waals surface area contributed by atoms with Crippen molar-refractivity contribution < 1.29 is 15.0 Å². The second-order valence-electron chi connectivity index (χ2n) is 1.31.